The lowest BCUT2D eigenvalue weighted by Crippen LogP contribution is -2.27. The molecule has 1 amide bonds. The maximum absolute atomic E-state index is 11.7. The Hall–Kier alpha value is -2.29. The summed E-state index contributed by atoms with van der Waals surface area (Å²) in [6.45, 7) is 4.25. The molecule has 0 fully saturated rings. The molecule has 0 saturated carbocycles. The number of aryl methyl sites for hydroxylation is 1. The van der Waals surface area contributed by atoms with E-state index in [1.165, 1.54) is 5.56 Å². The quantitative estimate of drug-likeness (QED) is 0.911. The summed E-state index contributed by atoms with van der Waals surface area (Å²) >= 11 is 0. The Morgan fingerprint density at radius 3 is 2.40 bits per heavy atom. The Labute approximate surface area is 119 Å². The zero-order valence-electron chi connectivity index (χ0n) is 11.8. The van der Waals surface area contributed by atoms with Gasteiger partial charge in [0.2, 0.25) is 0 Å². The highest BCUT2D eigenvalue weighted by molar-refractivity contribution is 5.67. The van der Waals surface area contributed by atoms with Crippen molar-refractivity contribution in [3.63, 3.8) is 0 Å². The van der Waals surface area contributed by atoms with E-state index in [2.05, 4.69) is 5.32 Å². The highest BCUT2D eigenvalue weighted by atomic mass is 16.5. The van der Waals surface area contributed by atoms with Crippen LogP contribution in [0.4, 0.5) is 4.79 Å². The Kier molecular flexibility index (Phi) is 4.77. The molecule has 1 atom stereocenters. The number of alkyl carbamates (subject to hydrolysis) is 1. The number of hydrogen-bond donors (Lipinski definition) is 1. The minimum Gasteiger partial charge on any atom is -0.445 e. The normalized spacial score (nSPS) is 11.7. The highest BCUT2D eigenvalue weighted by Crippen LogP contribution is 2.11. The van der Waals surface area contributed by atoms with Crippen molar-refractivity contribution in [3.05, 3.63) is 71.3 Å². The van der Waals surface area contributed by atoms with Gasteiger partial charge in [-0.1, -0.05) is 60.2 Å². The summed E-state index contributed by atoms with van der Waals surface area (Å²) in [4.78, 5) is 11.7. The number of carbonyl (C=O) groups excluding carboxylic acids is 1. The molecule has 0 aliphatic heterocycles. The monoisotopic (exact) mass is 269 g/mol. The van der Waals surface area contributed by atoms with Crippen LogP contribution in [-0.2, 0) is 11.3 Å². The van der Waals surface area contributed by atoms with Crippen molar-refractivity contribution < 1.29 is 9.53 Å². The van der Waals surface area contributed by atoms with Gasteiger partial charge in [-0.15, -0.1) is 0 Å². The molecule has 2 aromatic carbocycles. The first-order valence-electron chi connectivity index (χ1n) is 6.69. The first-order chi connectivity index (χ1) is 9.65. The van der Waals surface area contributed by atoms with Gasteiger partial charge in [-0.3, -0.25) is 0 Å². The van der Waals surface area contributed by atoms with Gasteiger partial charge in [0.25, 0.3) is 0 Å². The first-order valence-corrected chi connectivity index (χ1v) is 6.69. The van der Waals surface area contributed by atoms with Gasteiger partial charge >= 0.3 is 6.09 Å². The number of amides is 1. The van der Waals surface area contributed by atoms with Crippen molar-refractivity contribution >= 4 is 6.09 Å². The summed E-state index contributed by atoms with van der Waals surface area (Å²) in [7, 11) is 0. The van der Waals surface area contributed by atoms with Gasteiger partial charge < -0.3 is 10.1 Å². The second-order valence-electron chi connectivity index (χ2n) is 4.84. The number of nitrogens with one attached hydrogen (secondary N) is 1. The van der Waals surface area contributed by atoms with E-state index < -0.39 is 6.09 Å². The molecule has 104 valence electrons. The second-order valence-corrected chi connectivity index (χ2v) is 4.84. The maximum atomic E-state index is 11.7. The van der Waals surface area contributed by atoms with E-state index in [9.17, 15) is 4.79 Å². The predicted molar refractivity (Wildman–Crippen MR) is 79.4 cm³/mol. The Bertz CT molecular complexity index is 549. The van der Waals surface area contributed by atoms with E-state index in [4.69, 9.17) is 4.74 Å². The van der Waals surface area contributed by atoms with Gasteiger partial charge in [0, 0.05) is 0 Å². The van der Waals surface area contributed by atoms with E-state index in [1.54, 1.807) is 0 Å². The van der Waals surface area contributed by atoms with E-state index >= 15 is 0 Å². The van der Waals surface area contributed by atoms with Crippen LogP contribution in [0.3, 0.4) is 0 Å². The highest BCUT2D eigenvalue weighted by Gasteiger charge is 2.09. The lowest BCUT2D eigenvalue weighted by atomic mass is 10.1. The SMILES string of the molecule is Cc1ccc(COC(=O)NC(C)c2ccccc2)cc1. The molecule has 0 aromatic heterocycles. The van der Waals surface area contributed by atoms with Crippen LogP contribution < -0.4 is 5.32 Å². The molecule has 3 heteroatoms. The van der Waals surface area contributed by atoms with Crippen molar-refractivity contribution in [3.8, 4) is 0 Å². The van der Waals surface area contributed by atoms with Crippen molar-refractivity contribution in [2.24, 2.45) is 0 Å². The minimum atomic E-state index is -0.401. The molecule has 0 spiro atoms. The van der Waals surface area contributed by atoms with E-state index in [1.807, 2.05) is 68.4 Å². The van der Waals surface area contributed by atoms with E-state index in [0.717, 1.165) is 11.1 Å². The molecule has 1 unspecified atom stereocenters. The molecule has 0 heterocycles. The van der Waals surface area contributed by atoms with Crippen molar-refractivity contribution in [2.75, 3.05) is 0 Å². The zero-order chi connectivity index (χ0) is 14.4. The summed E-state index contributed by atoms with van der Waals surface area (Å²) < 4.78 is 5.21. The number of carbonyl (C=O) groups is 1. The summed E-state index contributed by atoms with van der Waals surface area (Å²) in [5.41, 5.74) is 3.23. The lowest BCUT2D eigenvalue weighted by molar-refractivity contribution is 0.136. The summed E-state index contributed by atoms with van der Waals surface area (Å²) in [5, 5.41) is 2.82. The van der Waals surface area contributed by atoms with Crippen molar-refractivity contribution in [1.82, 2.24) is 5.32 Å². The van der Waals surface area contributed by atoms with Gasteiger partial charge in [-0.2, -0.15) is 0 Å². The third-order valence-electron chi connectivity index (χ3n) is 3.12. The molecule has 0 aliphatic carbocycles. The molecule has 3 nitrogen and oxygen atoms in total. The molecule has 0 radical (unpaired) electrons. The molecule has 0 aliphatic rings. The van der Waals surface area contributed by atoms with Crippen LogP contribution in [0.25, 0.3) is 0 Å². The predicted octanol–water partition coefficient (Wildman–Crippen LogP) is 3.98. The smallest absolute Gasteiger partial charge is 0.407 e. The molecule has 2 rings (SSSR count). The molecule has 1 N–H and O–H groups in total. The Morgan fingerprint density at radius 1 is 1.10 bits per heavy atom. The summed E-state index contributed by atoms with van der Waals surface area (Å²) in [5.74, 6) is 0. The average Bonchev–Trinajstić information content (AvgIpc) is 2.47. The molecular formula is C17H19NO2. The van der Waals surface area contributed by atoms with Gasteiger partial charge in [-0.05, 0) is 25.0 Å². The fourth-order valence-electron chi connectivity index (χ4n) is 1.88. The van der Waals surface area contributed by atoms with Crippen molar-refractivity contribution in [2.45, 2.75) is 26.5 Å². The van der Waals surface area contributed by atoms with Crippen molar-refractivity contribution in [1.29, 1.82) is 0 Å². The molecular weight excluding hydrogens is 250 g/mol. The maximum Gasteiger partial charge on any atom is 0.407 e. The fraction of sp³-hybridized carbons (Fsp3) is 0.235. The lowest BCUT2D eigenvalue weighted by Gasteiger charge is -2.14. The number of ether oxygens (including phenoxy) is 1. The second kappa shape index (κ2) is 6.75. The van der Waals surface area contributed by atoms with Crippen LogP contribution in [0.15, 0.2) is 54.6 Å². The summed E-state index contributed by atoms with van der Waals surface area (Å²) in [6, 6.07) is 17.7. The molecule has 0 bridgehead atoms. The van der Waals surface area contributed by atoms with E-state index in [-0.39, 0.29) is 12.6 Å². The zero-order valence-corrected chi connectivity index (χ0v) is 11.8. The standard InChI is InChI=1S/C17H19NO2/c1-13-8-10-15(11-9-13)12-20-17(19)18-14(2)16-6-4-3-5-7-16/h3-11,14H,12H2,1-2H3,(H,18,19). The molecule has 20 heavy (non-hydrogen) atoms. The van der Waals surface area contributed by atoms with Gasteiger partial charge in [0.05, 0.1) is 6.04 Å². The number of rotatable bonds is 4. The number of hydrogen-bond acceptors (Lipinski definition) is 2. The van der Waals surface area contributed by atoms with Gasteiger partial charge in [-0.25, -0.2) is 4.79 Å². The number of benzene rings is 2. The average molecular weight is 269 g/mol. The van der Waals surface area contributed by atoms with Gasteiger partial charge in [0.1, 0.15) is 6.61 Å². The van der Waals surface area contributed by atoms with Crippen LogP contribution >= 0.6 is 0 Å². The van der Waals surface area contributed by atoms with E-state index in [0.29, 0.717) is 0 Å². The van der Waals surface area contributed by atoms with Crippen LogP contribution in [-0.4, -0.2) is 6.09 Å². The minimum absolute atomic E-state index is 0.0679. The van der Waals surface area contributed by atoms with Crippen LogP contribution in [0.5, 0.6) is 0 Å². The Morgan fingerprint density at radius 2 is 1.75 bits per heavy atom. The third kappa shape index (κ3) is 4.12. The first kappa shape index (κ1) is 14.1. The molecule has 0 saturated heterocycles. The fourth-order valence-corrected chi connectivity index (χ4v) is 1.88. The van der Waals surface area contributed by atoms with Crippen LogP contribution in [0.1, 0.15) is 29.7 Å². The Balaban J connectivity index is 1.82. The van der Waals surface area contributed by atoms with Gasteiger partial charge in [0.15, 0.2) is 0 Å². The largest absolute Gasteiger partial charge is 0.445 e. The van der Waals surface area contributed by atoms with Crippen LogP contribution in [0.2, 0.25) is 0 Å². The molecule has 2 aromatic rings. The van der Waals surface area contributed by atoms with Crippen LogP contribution in [0, 0.1) is 6.92 Å². The topological polar surface area (TPSA) is 38.3 Å². The summed E-state index contributed by atoms with van der Waals surface area (Å²) in [6.07, 6.45) is -0.401. The third-order valence-corrected chi connectivity index (χ3v) is 3.12.